The second kappa shape index (κ2) is 2.23. The summed E-state index contributed by atoms with van der Waals surface area (Å²) in [4.78, 5) is 0. The normalized spacial score (nSPS) is 49.6. The summed E-state index contributed by atoms with van der Waals surface area (Å²) in [7, 11) is 0. The van der Waals surface area contributed by atoms with Crippen molar-refractivity contribution in [2.75, 3.05) is 12.4 Å². The second-order valence-electron chi connectivity index (χ2n) is 2.00. The summed E-state index contributed by atoms with van der Waals surface area (Å²) in [5.41, 5.74) is 0. The van der Waals surface area contributed by atoms with Crippen molar-refractivity contribution in [3.05, 3.63) is 0 Å². The summed E-state index contributed by atoms with van der Waals surface area (Å²) < 4.78 is 20.1. The van der Waals surface area contributed by atoms with Crippen LogP contribution in [-0.2, 0) is 19.7 Å². The predicted octanol–water partition coefficient (Wildman–Crippen LogP) is 0.0959. The summed E-state index contributed by atoms with van der Waals surface area (Å²) >= 11 is 0.381. The SMILES string of the molecule is O=S1OCC(C2CS2)O1. The molecule has 52 valence electrons. The molecule has 0 amide bonds. The van der Waals surface area contributed by atoms with Gasteiger partial charge in [-0.15, -0.1) is 0 Å². The van der Waals surface area contributed by atoms with Gasteiger partial charge in [0, 0.05) is 11.0 Å². The maximum atomic E-state index is 10.4. The fourth-order valence-corrected chi connectivity index (χ4v) is 2.16. The second-order valence-corrected chi connectivity index (χ2v) is 4.10. The molecule has 0 bridgehead atoms. The lowest BCUT2D eigenvalue weighted by Crippen LogP contribution is -2.15. The minimum atomic E-state index is -1.45. The van der Waals surface area contributed by atoms with Crippen molar-refractivity contribution < 1.29 is 12.6 Å². The lowest BCUT2D eigenvalue weighted by Gasteiger charge is -1.97. The van der Waals surface area contributed by atoms with Crippen molar-refractivity contribution >= 4 is 23.1 Å². The standard InChI is InChI=1S/C4H6O3S2/c5-9-6-1-3(7-9)4-2-8-4/h3-4H,1-2H2. The van der Waals surface area contributed by atoms with Crippen LogP contribution in [0.5, 0.6) is 0 Å². The van der Waals surface area contributed by atoms with Gasteiger partial charge in [0.2, 0.25) is 0 Å². The number of rotatable bonds is 1. The zero-order chi connectivity index (χ0) is 6.27. The highest BCUT2D eigenvalue weighted by molar-refractivity contribution is 8.07. The fraction of sp³-hybridized carbons (Fsp3) is 1.00. The van der Waals surface area contributed by atoms with E-state index in [9.17, 15) is 4.21 Å². The summed E-state index contributed by atoms with van der Waals surface area (Å²) in [6, 6.07) is 0. The molecule has 0 saturated carbocycles. The Morgan fingerprint density at radius 1 is 1.67 bits per heavy atom. The quantitative estimate of drug-likeness (QED) is 0.517. The Morgan fingerprint density at radius 2 is 2.44 bits per heavy atom. The van der Waals surface area contributed by atoms with Crippen LogP contribution in [0.15, 0.2) is 0 Å². The third-order valence-electron chi connectivity index (χ3n) is 1.30. The van der Waals surface area contributed by atoms with Gasteiger partial charge in [0.1, 0.15) is 6.10 Å². The van der Waals surface area contributed by atoms with Gasteiger partial charge in [0.15, 0.2) is 0 Å². The van der Waals surface area contributed by atoms with E-state index in [0.717, 1.165) is 5.75 Å². The van der Waals surface area contributed by atoms with E-state index in [1.807, 2.05) is 11.8 Å². The van der Waals surface area contributed by atoms with Crippen LogP contribution < -0.4 is 0 Å². The third-order valence-corrected chi connectivity index (χ3v) is 3.06. The van der Waals surface area contributed by atoms with Crippen molar-refractivity contribution in [3.8, 4) is 0 Å². The van der Waals surface area contributed by atoms with Crippen LogP contribution in [0, 0.1) is 0 Å². The van der Waals surface area contributed by atoms with Gasteiger partial charge in [-0.25, -0.2) is 0 Å². The van der Waals surface area contributed by atoms with Crippen LogP contribution in [0.3, 0.4) is 0 Å². The van der Waals surface area contributed by atoms with E-state index in [0.29, 0.717) is 11.9 Å². The van der Waals surface area contributed by atoms with Crippen molar-refractivity contribution in [2.45, 2.75) is 11.4 Å². The number of thioether (sulfide) groups is 1. The maximum absolute atomic E-state index is 10.4. The first-order chi connectivity index (χ1) is 4.36. The number of hydrogen-bond acceptors (Lipinski definition) is 4. The van der Waals surface area contributed by atoms with Crippen molar-refractivity contribution in [1.29, 1.82) is 0 Å². The fourth-order valence-electron chi connectivity index (χ4n) is 0.719. The van der Waals surface area contributed by atoms with Crippen LogP contribution in [0.4, 0.5) is 0 Å². The van der Waals surface area contributed by atoms with E-state index in [1.165, 1.54) is 0 Å². The summed E-state index contributed by atoms with van der Waals surface area (Å²) in [5, 5.41) is 0.552. The molecule has 3 unspecified atom stereocenters. The molecule has 0 aromatic heterocycles. The van der Waals surface area contributed by atoms with Gasteiger partial charge in [0.25, 0.3) is 0 Å². The van der Waals surface area contributed by atoms with Gasteiger partial charge in [-0.1, -0.05) is 0 Å². The van der Waals surface area contributed by atoms with E-state index in [2.05, 4.69) is 0 Å². The highest BCUT2D eigenvalue weighted by atomic mass is 32.2. The summed E-state index contributed by atoms with van der Waals surface area (Å²) in [6.07, 6.45) is 0.0934. The Labute approximate surface area is 60.0 Å². The van der Waals surface area contributed by atoms with Gasteiger partial charge in [-0.05, 0) is 0 Å². The molecule has 5 heteroatoms. The summed E-state index contributed by atoms with van der Waals surface area (Å²) in [5.74, 6) is 1.13. The van der Waals surface area contributed by atoms with Crippen LogP contribution in [-0.4, -0.2) is 27.9 Å². The Bertz CT molecular complexity index is 145. The zero-order valence-corrected chi connectivity index (χ0v) is 6.24. The molecular formula is C4H6O3S2. The average Bonchev–Trinajstić information content (AvgIpc) is 2.58. The first-order valence-electron chi connectivity index (χ1n) is 2.70. The van der Waals surface area contributed by atoms with E-state index in [4.69, 9.17) is 8.37 Å². The Hall–Kier alpha value is 0.420. The molecule has 0 radical (unpaired) electrons. The van der Waals surface area contributed by atoms with E-state index in [-0.39, 0.29) is 6.10 Å². The van der Waals surface area contributed by atoms with Gasteiger partial charge in [-0.3, -0.25) is 8.37 Å². The van der Waals surface area contributed by atoms with Crippen LogP contribution in [0.2, 0.25) is 0 Å². The molecule has 2 aliphatic heterocycles. The van der Waals surface area contributed by atoms with Crippen LogP contribution >= 0.6 is 11.8 Å². The minimum absolute atomic E-state index is 0.0934. The molecular weight excluding hydrogens is 160 g/mol. The van der Waals surface area contributed by atoms with Crippen molar-refractivity contribution in [3.63, 3.8) is 0 Å². The van der Waals surface area contributed by atoms with Gasteiger partial charge >= 0.3 is 11.4 Å². The molecule has 2 fully saturated rings. The molecule has 2 rings (SSSR count). The number of hydrogen-bond donors (Lipinski definition) is 0. The van der Waals surface area contributed by atoms with Crippen molar-refractivity contribution in [1.82, 2.24) is 0 Å². The predicted molar refractivity (Wildman–Crippen MR) is 35.2 cm³/mol. The molecule has 2 heterocycles. The molecule has 0 aromatic rings. The van der Waals surface area contributed by atoms with Crippen molar-refractivity contribution in [2.24, 2.45) is 0 Å². The molecule has 0 spiro atoms. The molecule has 0 N–H and O–H groups in total. The smallest absolute Gasteiger partial charge is 0.266 e. The van der Waals surface area contributed by atoms with Crippen LogP contribution in [0.1, 0.15) is 0 Å². The third kappa shape index (κ3) is 1.29. The first kappa shape index (κ1) is 6.15. The lowest BCUT2D eigenvalue weighted by molar-refractivity contribution is 0.249. The van der Waals surface area contributed by atoms with E-state index >= 15 is 0 Å². The topological polar surface area (TPSA) is 35.5 Å². The van der Waals surface area contributed by atoms with Gasteiger partial charge in [-0.2, -0.15) is 16.0 Å². The Morgan fingerprint density at radius 3 is 2.89 bits per heavy atom. The summed E-state index contributed by atoms with van der Waals surface area (Å²) in [6.45, 7) is 0.504. The first-order valence-corrected chi connectivity index (χ1v) is 4.75. The highest BCUT2D eigenvalue weighted by Crippen LogP contribution is 2.36. The molecule has 2 saturated heterocycles. The molecule has 3 nitrogen and oxygen atoms in total. The van der Waals surface area contributed by atoms with E-state index < -0.39 is 11.4 Å². The van der Waals surface area contributed by atoms with Crippen LogP contribution in [0.25, 0.3) is 0 Å². The Balaban J connectivity index is 1.92. The molecule has 3 atom stereocenters. The monoisotopic (exact) mass is 166 g/mol. The van der Waals surface area contributed by atoms with E-state index in [1.54, 1.807) is 0 Å². The molecule has 9 heavy (non-hydrogen) atoms. The average molecular weight is 166 g/mol. The molecule has 0 aliphatic carbocycles. The molecule has 0 aromatic carbocycles. The highest BCUT2D eigenvalue weighted by Gasteiger charge is 2.38. The molecule has 2 aliphatic rings. The largest absolute Gasteiger partial charge is 0.305 e. The maximum Gasteiger partial charge on any atom is 0.305 e. The zero-order valence-electron chi connectivity index (χ0n) is 4.61. The van der Waals surface area contributed by atoms with Gasteiger partial charge < -0.3 is 0 Å². The van der Waals surface area contributed by atoms with Gasteiger partial charge in [0.05, 0.1) is 6.61 Å². The Kier molecular flexibility index (Phi) is 1.52. The lowest BCUT2D eigenvalue weighted by atomic mass is 10.3. The minimum Gasteiger partial charge on any atom is -0.266 e.